The molecule has 0 radical (unpaired) electrons. The van der Waals surface area contributed by atoms with Crippen LogP contribution in [0.2, 0.25) is 5.02 Å². The van der Waals surface area contributed by atoms with Gasteiger partial charge in [0.2, 0.25) is 5.91 Å². The highest BCUT2D eigenvalue weighted by Crippen LogP contribution is 2.30. The fourth-order valence-corrected chi connectivity index (χ4v) is 3.15. The molecule has 0 atom stereocenters. The van der Waals surface area contributed by atoms with Gasteiger partial charge in [-0.2, -0.15) is 13.2 Å². The van der Waals surface area contributed by atoms with Crippen LogP contribution in [0.3, 0.4) is 0 Å². The molecule has 6 nitrogen and oxygen atoms in total. The number of anilines is 1. The third-order valence-corrected chi connectivity index (χ3v) is 4.99. The smallest absolute Gasteiger partial charge is 0.357 e. The van der Waals surface area contributed by atoms with E-state index in [2.05, 4.69) is 25.9 Å². The minimum atomic E-state index is -4.46. The molecule has 0 saturated carbocycles. The largest absolute Gasteiger partial charge is 0.434 e. The molecule has 158 valence electrons. The number of aliphatic imine (C=N–C) groups is 1. The van der Waals surface area contributed by atoms with E-state index in [4.69, 9.17) is 11.6 Å². The Kier molecular flexibility index (Phi) is 8.27. The molecule has 1 heterocycles. The number of amides is 1. The van der Waals surface area contributed by atoms with E-state index in [1.165, 1.54) is 0 Å². The van der Waals surface area contributed by atoms with Crippen molar-refractivity contribution in [2.75, 3.05) is 18.4 Å². The minimum Gasteiger partial charge on any atom is -0.357 e. The summed E-state index contributed by atoms with van der Waals surface area (Å²) in [7, 11) is 0. The van der Waals surface area contributed by atoms with Gasteiger partial charge in [-0.25, -0.2) is 9.98 Å². The van der Waals surface area contributed by atoms with Gasteiger partial charge in [-0.15, -0.1) is 11.3 Å². The van der Waals surface area contributed by atoms with Crippen molar-refractivity contribution in [3.63, 3.8) is 0 Å². The summed E-state index contributed by atoms with van der Waals surface area (Å²) in [5, 5.41) is 10.5. The van der Waals surface area contributed by atoms with E-state index >= 15 is 0 Å². The van der Waals surface area contributed by atoms with Crippen molar-refractivity contribution in [2.24, 2.45) is 4.99 Å². The van der Waals surface area contributed by atoms with Gasteiger partial charge in [0.1, 0.15) is 5.01 Å². The standard InChI is InChI=1S/C18H21ClF3N5OS/c1-3-23-17(25-9-16-27-14(10-29-16)18(20,21)22)24-8-7-15(28)26-13-6-4-5-12(19)11(13)2/h4-6,10H,3,7-9H2,1-2H3,(H,26,28)(H2,23,24,25). The SMILES string of the molecule is CCNC(=NCc1nc(C(F)(F)F)cs1)NCCC(=O)Nc1cccc(Cl)c1C. The van der Waals surface area contributed by atoms with Gasteiger partial charge in [-0.1, -0.05) is 17.7 Å². The molecule has 0 fully saturated rings. The van der Waals surface area contributed by atoms with Crippen LogP contribution in [0.4, 0.5) is 18.9 Å². The van der Waals surface area contributed by atoms with Crippen molar-refractivity contribution in [1.82, 2.24) is 15.6 Å². The predicted molar refractivity (Wildman–Crippen MR) is 109 cm³/mol. The van der Waals surface area contributed by atoms with Gasteiger partial charge in [-0.05, 0) is 31.5 Å². The Labute approximate surface area is 175 Å². The third kappa shape index (κ3) is 7.21. The number of halogens is 4. The summed E-state index contributed by atoms with van der Waals surface area (Å²) >= 11 is 6.94. The lowest BCUT2D eigenvalue weighted by Gasteiger charge is -2.12. The second kappa shape index (κ2) is 10.4. The van der Waals surface area contributed by atoms with Crippen LogP contribution in [-0.2, 0) is 17.5 Å². The van der Waals surface area contributed by atoms with Gasteiger partial charge in [0.15, 0.2) is 11.7 Å². The van der Waals surface area contributed by atoms with Gasteiger partial charge in [0.05, 0.1) is 6.54 Å². The van der Waals surface area contributed by atoms with Crippen LogP contribution in [-0.4, -0.2) is 29.9 Å². The Morgan fingerprint density at radius 2 is 2.07 bits per heavy atom. The summed E-state index contributed by atoms with van der Waals surface area (Å²) < 4.78 is 37.8. The third-order valence-electron chi connectivity index (χ3n) is 3.75. The molecule has 0 saturated heterocycles. The highest BCUT2D eigenvalue weighted by Gasteiger charge is 2.33. The monoisotopic (exact) mass is 447 g/mol. The van der Waals surface area contributed by atoms with E-state index in [9.17, 15) is 18.0 Å². The van der Waals surface area contributed by atoms with Crippen LogP contribution in [0.25, 0.3) is 0 Å². The van der Waals surface area contributed by atoms with Crippen LogP contribution in [0.1, 0.15) is 29.6 Å². The quantitative estimate of drug-likeness (QED) is 0.439. The molecular weight excluding hydrogens is 427 g/mol. The molecule has 3 N–H and O–H groups in total. The second-order valence-corrected chi connectivity index (χ2v) is 7.31. The van der Waals surface area contributed by atoms with Gasteiger partial charge < -0.3 is 16.0 Å². The first-order valence-electron chi connectivity index (χ1n) is 8.79. The molecule has 2 rings (SSSR count). The number of rotatable bonds is 7. The molecule has 0 aliphatic heterocycles. The van der Waals surface area contributed by atoms with Crippen LogP contribution in [0, 0.1) is 6.92 Å². The number of nitrogens with one attached hydrogen (secondary N) is 3. The molecule has 1 aromatic carbocycles. The minimum absolute atomic E-state index is 0.00395. The molecular formula is C18H21ClF3N5OS. The maximum atomic E-state index is 12.6. The number of guanidine groups is 1. The molecule has 0 bridgehead atoms. The van der Waals surface area contributed by atoms with E-state index < -0.39 is 11.9 Å². The predicted octanol–water partition coefficient (Wildman–Crippen LogP) is 4.21. The topological polar surface area (TPSA) is 78.4 Å². The molecule has 0 aliphatic carbocycles. The first-order valence-corrected chi connectivity index (χ1v) is 10.0. The number of nitrogens with zero attached hydrogens (tertiary/aromatic N) is 2. The number of thiazole rings is 1. The molecule has 1 aromatic heterocycles. The maximum Gasteiger partial charge on any atom is 0.434 e. The van der Waals surface area contributed by atoms with Gasteiger partial charge >= 0.3 is 6.18 Å². The zero-order chi connectivity index (χ0) is 21.4. The highest BCUT2D eigenvalue weighted by atomic mass is 35.5. The van der Waals surface area contributed by atoms with Crippen molar-refractivity contribution >= 4 is 40.5 Å². The fourth-order valence-electron chi connectivity index (χ4n) is 2.25. The van der Waals surface area contributed by atoms with Crippen molar-refractivity contribution in [3.8, 4) is 0 Å². The first-order chi connectivity index (χ1) is 13.7. The van der Waals surface area contributed by atoms with E-state index in [1.807, 2.05) is 13.8 Å². The number of hydrogen-bond donors (Lipinski definition) is 3. The summed E-state index contributed by atoms with van der Waals surface area (Å²) in [6, 6.07) is 5.26. The Morgan fingerprint density at radius 1 is 1.31 bits per heavy atom. The lowest BCUT2D eigenvalue weighted by atomic mass is 10.2. The zero-order valence-corrected chi connectivity index (χ0v) is 17.4. The van der Waals surface area contributed by atoms with Crippen molar-refractivity contribution in [2.45, 2.75) is 33.0 Å². The van der Waals surface area contributed by atoms with Crippen molar-refractivity contribution < 1.29 is 18.0 Å². The normalized spacial score (nSPS) is 12.0. The summed E-state index contributed by atoms with van der Waals surface area (Å²) in [6.07, 6.45) is -4.29. The Bertz CT molecular complexity index is 869. The summed E-state index contributed by atoms with van der Waals surface area (Å²) in [5.74, 6) is 0.191. The average Bonchev–Trinajstić information content (AvgIpc) is 3.13. The maximum absolute atomic E-state index is 12.6. The number of carbonyl (C=O) groups is 1. The number of alkyl halides is 3. The highest BCUT2D eigenvalue weighted by molar-refractivity contribution is 7.09. The molecule has 0 spiro atoms. The Balaban J connectivity index is 1.86. The van der Waals surface area contributed by atoms with Crippen LogP contribution < -0.4 is 16.0 Å². The van der Waals surface area contributed by atoms with Gasteiger partial charge in [0, 0.05) is 35.6 Å². The van der Waals surface area contributed by atoms with Crippen LogP contribution in [0.15, 0.2) is 28.6 Å². The molecule has 11 heteroatoms. The number of benzene rings is 1. The van der Waals surface area contributed by atoms with E-state index in [1.54, 1.807) is 18.2 Å². The fraction of sp³-hybridized carbons (Fsp3) is 0.389. The van der Waals surface area contributed by atoms with Crippen LogP contribution >= 0.6 is 22.9 Å². The lowest BCUT2D eigenvalue weighted by Crippen LogP contribution is -2.38. The zero-order valence-electron chi connectivity index (χ0n) is 15.9. The van der Waals surface area contributed by atoms with Gasteiger partial charge in [-0.3, -0.25) is 4.79 Å². The van der Waals surface area contributed by atoms with Crippen LogP contribution in [0.5, 0.6) is 0 Å². The lowest BCUT2D eigenvalue weighted by molar-refractivity contribution is -0.140. The Hall–Kier alpha value is -2.33. The number of carbonyl (C=O) groups excluding carboxylic acids is 1. The van der Waals surface area contributed by atoms with E-state index in [0.29, 0.717) is 29.8 Å². The Morgan fingerprint density at radius 3 is 2.72 bits per heavy atom. The number of aromatic nitrogens is 1. The molecule has 0 unspecified atom stereocenters. The molecule has 1 amide bonds. The summed E-state index contributed by atoms with van der Waals surface area (Å²) in [5.41, 5.74) is 0.512. The van der Waals surface area contributed by atoms with Crippen molar-refractivity contribution in [3.05, 3.63) is 44.9 Å². The van der Waals surface area contributed by atoms with Crippen molar-refractivity contribution in [1.29, 1.82) is 0 Å². The second-order valence-electron chi connectivity index (χ2n) is 5.96. The van der Waals surface area contributed by atoms with E-state index in [-0.39, 0.29) is 23.9 Å². The molecule has 0 aliphatic rings. The summed E-state index contributed by atoms with van der Waals surface area (Å²) in [6.45, 7) is 4.53. The molecule has 2 aromatic rings. The average molecular weight is 448 g/mol. The molecule has 29 heavy (non-hydrogen) atoms. The number of hydrogen-bond acceptors (Lipinski definition) is 4. The van der Waals surface area contributed by atoms with Gasteiger partial charge in [0.25, 0.3) is 0 Å². The van der Waals surface area contributed by atoms with E-state index in [0.717, 1.165) is 22.3 Å². The summed E-state index contributed by atoms with van der Waals surface area (Å²) in [4.78, 5) is 19.9. The first kappa shape index (κ1) is 23.0.